The van der Waals surface area contributed by atoms with Crippen molar-refractivity contribution in [1.29, 1.82) is 0 Å². The van der Waals surface area contributed by atoms with Gasteiger partial charge in [-0.25, -0.2) is 0 Å². The molecule has 0 aromatic heterocycles. The fourth-order valence-corrected chi connectivity index (χ4v) is 2.38. The summed E-state index contributed by atoms with van der Waals surface area (Å²) in [4.78, 5) is 12.1. The zero-order valence-electron chi connectivity index (χ0n) is 11.3. The molecule has 0 aliphatic carbocycles. The van der Waals surface area contributed by atoms with E-state index in [9.17, 15) is 20.2 Å². The average molecular weight is 276 g/mol. The zero-order valence-corrected chi connectivity index (χ0v) is 11.3. The monoisotopic (exact) mass is 276 g/mol. The smallest absolute Gasteiger partial charge is 0.376 e. The van der Waals surface area contributed by atoms with Crippen LogP contribution in [0.15, 0.2) is 23.8 Å². The SMILES string of the molecule is CB(O)N1CCC/C(=C\c2ccc(O)c([N+](=O)[O-])c2)C1. The van der Waals surface area contributed by atoms with E-state index in [0.29, 0.717) is 12.1 Å². The summed E-state index contributed by atoms with van der Waals surface area (Å²) in [6.45, 7) is 3.24. The Hall–Kier alpha value is -1.86. The van der Waals surface area contributed by atoms with Crippen LogP contribution in [0.4, 0.5) is 5.69 Å². The van der Waals surface area contributed by atoms with E-state index < -0.39 is 12.0 Å². The summed E-state index contributed by atoms with van der Waals surface area (Å²) in [6.07, 6.45) is 3.76. The average Bonchev–Trinajstić information content (AvgIpc) is 2.41. The molecule has 0 unspecified atom stereocenters. The van der Waals surface area contributed by atoms with Crippen molar-refractivity contribution >= 4 is 18.8 Å². The Kier molecular flexibility index (Phi) is 4.41. The van der Waals surface area contributed by atoms with Crippen LogP contribution in [0.25, 0.3) is 6.08 Å². The molecule has 1 saturated heterocycles. The third-order valence-corrected chi connectivity index (χ3v) is 3.44. The Morgan fingerprint density at radius 2 is 2.25 bits per heavy atom. The van der Waals surface area contributed by atoms with Gasteiger partial charge in [0.15, 0.2) is 5.75 Å². The first kappa shape index (κ1) is 14.6. The molecule has 0 atom stereocenters. The highest BCUT2D eigenvalue weighted by Crippen LogP contribution is 2.28. The minimum atomic E-state index is -0.597. The van der Waals surface area contributed by atoms with Gasteiger partial charge in [-0.3, -0.25) is 10.1 Å². The van der Waals surface area contributed by atoms with Gasteiger partial charge in [-0.1, -0.05) is 17.7 Å². The lowest BCUT2D eigenvalue weighted by Crippen LogP contribution is -2.41. The van der Waals surface area contributed by atoms with Crippen molar-refractivity contribution in [3.63, 3.8) is 0 Å². The summed E-state index contributed by atoms with van der Waals surface area (Å²) in [6, 6.07) is 4.35. The molecule has 1 fully saturated rings. The van der Waals surface area contributed by atoms with Crippen molar-refractivity contribution in [3.05, 3.63) is 39.4 Å². The van der Waals surface area contributed by atoms with E-state index in [2.05, 4.69) is 0 Å². The van der Waals surface area contributed by atoms with Crippen molar-refractivity contribution in [1.82, 2.24) is 4.81 Å². The number of hydrogen-bond donors (Lipinski definition) is 2. The van der Waals surface area contributed by atoms with Crippen LogP contribution >= 0.6 is 0 Å². The number of phenols is 1. The van der Waals surface area contributed by atoms with Crippen LogP contribution in [0.5, 0.6) is 5.75 Å². The number of nitro groups is 1. The second-order valence-electron chi connectivity index (χ2n) is 5.01. The maximum Gasteiger partial charge on any atom is 0.376 e. The molecule has 0 saturated carbocycles. The molecule has 1 aliphatic heterocycles. The van der Waals surface area contributed by atoms with Crippen molar-refractivity contribution in [2.75, 3.05) is 13.1 Å². The van der Waals surface area contributed by atoms with E-state index in [-0.39, 0.29) is 11.4 Å². The molecule has 0 amide bonds. The molecular weight excluding hydrogens is 259 g/mol. The number of aromatic hydroxyl groups is 1. The normalized spacial score (nSPS) is 18.2. The van der Waals surface area contributed by atoms with Crippen molar-refractivity contribution in [2.24, 2.45) is 0 Å². The highest BCUT2D eigenvalue weighted by atomic mass is 16.6. The zero-order chi connectivity index (χ0) is 14.7. The number of benzene rings is 1. The molecule has 2 rings (SSSR count). The number of rotatable bonds is 3. The molecule has 1 heterocycles. The lowest BCUT2D eigenvalue weighted by Gasteiger charge is -2.29. The Labute approximate surface area is 117 Å². The quantitative estimate of drug-likeness (QED) is 0.500. The predicted octanol–water partition coefficient (Wildman–Crippen LogP) is 1.89. The third-order valence-electron chi connectivity index (χ3n) is 3.44. The van der Waals surface area contributed by atoms with E-state index in [1.54, 1.807) is 12.9 Å². The summed E-state index contributed by atoms with van der Waals surface area (Å²) in [5.41, 5.74) is 1.52. The summed E-state index contributed by atoms with van der Waals surface area (Å²) >= 11 is 0. The molecule has 1 aliphatic rings. The van der Waals surface area contributed by atoms with Crippen molar-refractivity contribution in [2.45, 2.75) is 19.7 Å². The van der Waals surface area contributed by atoms with Gasteiger partial charge in [0.25, 0.3) is 0 Å². The van der Waals surface area contributed by atoms with Gasteiger partial charge in [-0.2, -0.15) is 0 Å². The summed E-state index contributed by atoms with van der Waals surface area (Å²) in [5.74, 6) is -0.327. The third kappa shape index (κ3) is 3.37. The van der Waals surface area contributed by atoms with Gasteiger partial charge in [0, 0.05) is 12.6 Å². The Morgan fingerprint density at radius 3 is 2.90 bits per heavy atom. The first-order valence-corrected chi connectivity index (χ1v) is 6.56. The summed E-state index contributed by atoms with van der Waals surface area (Å²) in [5, 5.41) is 29.8. The minimum Gasteiger partial charge on any atom is -0.502 e. The fraction of sp³-hybridized carbons (Fsp3) is 0.385. The molecule has 1 aromatic rings. The van der Waals surface area contributed by atoms with Gasteiger partial charge in [-0.15, -0.1) is 0 Å². The van der Waals surface area contributed by atoms with E-state index in [1.807, 2.05) is 10.9 Å². The van der Waals surface area contributed by atoms with Gasteiger partial charge in [-0.05, 0) is 37.8 Å². The molecule has 2 N–H and O–H groups in total. The first-order chi connectivity index (χ1) is 9.47. The van der Waals surface area contributed by atoms with Gasteiger partial charge in [0.2, 0.25) is 0 Å². The Balaban J connectivity index is 2.22. The van der Waals surface area contributed by atoms with Crippen LogP contribution in [0, 0.1) is 10.1 Å². The number of hydrogen-bond acceptors (Lipinski definition) is 5. The van der Waals surface area contributed by atoms with Crippen LogP contribution in [-0.4, -0.2) is 40.0 Å². The molecule has 106 valence electrons. The molecule has 0 radical (unpaired) electrons. The summed E-state index contributed by atoms with van der Waals surface area (Å²) in [7, 11) is -0.493. The topological polar surface area (TPSA) is 86.8 Å². The number of nitro benzene ring substituents is 1. The second-order valence-corrected chi connectivity index (χ2v) is 5.01. The lowest BCUT2D eigenvalue weighted by atomic mass is 9.82. The van der Waals surface area contributed by atoms with Crippen molar-refractivity contribution < 1.29 is 15.1 Å². The standard InChI is InChI=1S/C13H17BN2O4/c1-14(18)15-6-2-3-11(9-15)7-10-4-5-13(17)12(8-10)16(19)20/h4-5,7-8,17-18H,2-3,6,9H2,1H3/b11-7+. The van der Waals surface area contributed by atoms with Gasteiger partial charge in [0.1, 0.15) is 0 Å². The lowest BCUT2D eigenvalue weighted by molar-refractivity contribution is -0.385. The maximum absolute atomic E-state index is 10.8. The van der Waals surface area contributed by atoms with Gasteiger partial charge >= 0.3 is 12.7 Å². The Morgan fingerprint density at radius 1 is 1.50 bits per heavy atom. The van der Waals surface area contributed by atoms with Crippen LogP contribution in [0.1, 0.15) is 18.4 Å². The summed E-state index contributed by atoms with van der Waals surface area (Å²) < 4.78 is 0. The highest BCUT2D eigenvalue weighted by molar-refractivity contribution is 6.45. The molecule has 0 bridgehead atoms. The predicted molar refractivity (Wildman–Crippen MR) is 77.4 cm³/mol. The molecule has 0 spiro atoms. The largest absolute Gasteiger partial charge is 0.502 e. The van der Waals surface area contributed by atoms with E-state index in [4.69, 9.17) is 0 Å². The first-order valence-electron chi connectivity index (χ1n) is 6.56. The molecule has 20 heavy (non-hydrogen) atoms. The number of piperidine rings is 1. The highest BCUT2D eigenvalue weighted by Gasteiger charge is 2.21. The van der Waals surface area contributed by atoms with Crippen molar-refractivity contribution in [3.8, 4) is 5.75 Å². The maximum atomic E-state index is 10.8. The minimum absolute atomic E-state index is 0.289. The Bertz CT molecular complexity index is 545. The molecule has 1 aromatic carbocycles. The molecule has 7 heteroatoms. The van der Waals surface area contributed by atoms with E-state index in [1.165, 1.54) is 12.1 Å². The molecular formula is C13H17BN2O4. The van der Waals surface area contributed by atoms with E-state index in [0.717, 1.165) is 25.0 Å². The van der Waals surface area contributed by atoms with Gasteiger partial charge < -0.3 is 14.9 Å². The second kappa shape index (κ2) is 6.07. The molecule has 6 nitrogen and oxygen atoms in total. The number of phenolic OH excluding ortho intramolecular Hbond substituents is 1. The fourth-order valence-electron chi connectivity index (χ4n) is 2.38. The van der Waals surface area contributed by atoms with Crippen LogP contribution < -0.4 is 0 Å². The van der Waals surface area contributed by atoms with E-state index >= 15 is 0 Å². The van der Waals surface area contributed by atoms with Crippen LogP contribution in [0.3, 0.4) is 0 Å². The van der Waals surface area contributed by atoms with Crippen LogP contribution in [0.2, 0.25) is 6.82 Å². The number of nitrogens with zero attached hydrogens (tertiary/aromatic N) is 2. The van der Waals surface area contributed by atoms with Crippen LogP contribution in [-0.2, 0) is 0 Å². The van der Waals surface area contributed by atoms with Gasteiger partial charge in [0.05, 0.1) is 4.92 Å².